The molecular formula is C21H15BrN2O3. The van der Waals surface area contributed by atoms with Crippen molar-refractivity contribution in [2.75, 3.05) is 7.11 Å². The van der Waals surface area contributed by atoms with E-state index in [1.807, 2.05) is 48.5 Å². The maximum atomic E-state index is 10.2. The smallest absolute Gasteiger partial charge is 0.227 e. The van der Waals surface area contributed by atoms with Crippen molar-refractivity contribution in [3.63, 3.8) is 0 Å². The molecule has 3 aromatic carbocycles. The second kappa shape index (κ2) is 7.25. The highest BCUT2D eigenvalue weighted by Crippen LogP contribution is 2.33. The summed E-state index contributed by atoms with van der Waals surface area (Å²) in [5.41, 5.74) is 3.65. The highest BCUT2D eigenvalue weighted by Gasteiger charge is 2.09. The number of benzene rings is 3. The third-order valence-electron chi connectivity index (χ3n) is 4.03. The van der Waals surface area contributed by atoms with Crippen molar-refractivity contribution in [2.24, 2.45) is 4.99 Å². The monoisotopic (exact) mass is 422 g/mol. The number of halogens is 1. The quantitative estimate of drug-likeness (QED) is 0.426. The molecule has 0 amide bonds. The van der Waals surface area contributed by atoms with Gasteiger partial charge in [-0.15, -0.1) is 0 Å². The van der Waals surface area contributed by atoms with Gasteiger partial charge in [0, 0.05) is 21.8 Å². The van der Waals surface area contributed by atoms with Crippen LogP contribution >= 0.6 is 15.9 Å². The van der Waals surface area contributed by atoms with Gasteiger partial charge in [0.1, 0.15) is 5.52 Å². The van der Waals surface area contributed by atoms with Crippen LogP contribution in [0.25, 0.3) is 22.6 Å². The Morgan fingerprint density at radius 1 is 1.11 bits per heavy atom. The lowest BCUT2D eigenvalue weighted by molar-refractivity contribution is 0.373. The summed E-state index contributed by atoms with van der Waals surface area (Å²) in [6.07, 6.45) is 1.59. The number of aromatic nitrogens is 1. The molecule has 0 fully saturated rings. The molecule has 0 bridgehead atoms. The molecule has 134 valence electrons. The molecule has 0 aliphatic rings. The number of oxazole rings is 1. The van der Waals surface area contributed by atoms with E-state index in [2.05, 4.69) is 25.9 Å². The Balaban J connectivity index is 1.67. The average Bonchev–Trinajstić information content (AvgIpc) is 3.13. The molecule has 0 spiro atoms. The van der Waals surface area contributed by atoms with E-state index < -0.39 is 0 Å². The second-order valence-corrected chi connectivity index (χ2v) is 6.76. The van der Waals surface area contributed by atoms with Gasteiger partial charge in [0.25, 0.3) is 0 Å². The van der Waals surface area contributed by atoms with Gasteiger partial charge in [-0.1, -0.05) is 34.1 Å². The molecule has 1 N–H and O–H groups in total. The molecule has 4 aromatic rings. The SMILES string of the molecule is COc1cc(Br)cc(C=Nc2cccc(-c3nc4ccccc4o3)c2)c1O. The minimum absolute atomic E-state index is 0.0413. The van der Waals surface area contributed by atoms with Gasteiger partial charge in [0.05, 0.1) is 12.8 Å². The summed E-state index contributed by atoms with van der Waals surface area (Å²) in [5.74, 6) is 0.964. The van der Waals surface area contributed by atoms with Crippen LogP contribution in [0.3, 0.4) is 0 Å². The highest BCUT2D eigenvalue weighted by atomic mass is 79.9. The predicted molar refractivity (Wildman–Crippen MR) is 109 cm³/mol. The van der Waals surface area contributed by atoms with Gasteiger partial charge in [0.2, 0.25) is 5.89 Å². The number of aromatic hydroxyl groups is 1. The standard InChI is InChI=1S/C21H15BrN2O3/c1-26-19-11-15(22)9-14(20(19)25)12-23-16-6-4-5-13(10-16)21-24-17-7-2-3-8-18(17)27-21/h2-12,25H,1H3. The molecule has 6 heteroatoms. The maximum absolute atomic E-state index is 10.2. The van der Waals surface area contributed by atoms with E-state index in [9.17, 15) is 5.11 Å². The van der Waals surface area contributed by atoms with Crippen molar-refractivity contribution in [3.05, 3.63) is 70.7 Å². The fourth-order valence-electron chi connectivity index (χ4n) is 2.71. The highest BCUT2D eigenvalue weighted by molar-refractivity contribution is 9.10. The van der Waals surface area contributed by atoms with Gasteiger partial charge in [-0.3, -0.25) is 4.99 Å². The van der Waals surface area contributed by atoms with E-state index >= 15 is 0 Å². The Morgan fingerprint density at radius 3 is 2.78 bits per heavy atom. The second-order valence-electron chi connectivity index (χ2n) is 5.84. The molecule has 1 aromatic heterocycles. The summed E-state index contributed by atoms with van der Waals surface area (Å²) >= 11 is 3.40. The van der Waals surface area contributed by atoms with Crippen molar-refractivity contribution >= 4 is 38.9 Å². The van der Waals surface area contributed by atoms with Gasteiger partial charge >= 0.3 is 0 Å². The topological polar surface area (TPSA) is 67.9 Å². The van der Waals surface area contributed by atoms with Crippen LogP contribution in [0.2, 0.25) is 0 Å². The number of nitrogens with zero attached hydrogens (tertiary/aromatic N) is 2. The van der Waals surface area contributed by atoms with E-state index in [4.69, 9.17) is 9.15 Å². The van der Waals surface area contributed by atoms with E-state index in [1.165, 1.54) is 7.11 Å². The first-order valence-corrected chi connectivity index (χ1v) is 9.00. The number of ether oxygens (including phenoxy) is 1. The molecular weight excluding hydrogens is 408 g/mol. The molecule has 27 heavy (non-hydrogen) atoms. The lowest BCUT2D eigenvalue weighted by atomic mass is 10.2. The van der Waals surface area contributed by atoms with Gasteiger partial charge in [0.15, 0.2) is 17.1 Å². The summed E-state index contributed by atoms with van der Waals surface area (Å²) in [5, 5.41) is 10.2. The van der Waals surface area contributed by atoms with Crippen molar-refractivity contribution < 1.29 is 14.3 Å². The first-order chi connectivity index (χ1) is 13.1. The van der Waals surface area contributed by atoms with Gasteiger partial charge < -0.3 is 14.3 Å². The Bertz CT molecular complexity index is 1120. The van der Waals surface area contributed by atoms with E-state index in [-0.39, 0.29) is 5.75 Å². The number of hydrogen-bond acceptors (Lipinski definition) is 5. The number of methoxy groups -OCH3 is 1. The first kappa shape index (κ1) is 17.3. The number of rotatable bonds is 4. The number of fused-ring (bicyclic) bond motifs is 1. The number of phenolic OH excluding ortho intramolecular Hbond substituents is 1. The van der Waals surface area contributed by atoms with Gasteiger partial charge in [-0.2, -0.15) is 0 Å². The van der Waals surface area contributed by atoms with Gasteiger partial charge in [-0.25, -0.2) is 4.98 Å². The minimum atomic E-state index is 0.0413. The molecule has 0 radical (unpaired) electrons. The molecule has 4 rings (SSSR count). The van der Waals surface area contributed by atoms with Crippen LogP contribution < -0.4 is 4.74 Å². The fourth-order valence-corrected chi connectivity index (χ4v) is 3.16. The van der Waals surface area contributed by atoms with Crippen LogP contribution in [0.15, 0.2) is 74.5 Å². The number of hydrogen-bond donors (Lipinski definition) is 1. The molecule has 0 atom stereocenters. The Hall–Kier alpha value is -3.12. The lowest BCUT2D eigenvalue weighted by Gasteiger charge is -2.06. The summed E-state index contributed by atoms with van der Waals surface area (Å²) in [6.45, 7) is 0. The Kier molecular flexibility index (Phi) is 4.64. The number of para-hydroxylation sites is 2. The first-order valence-electron chi connectivity index (χ1n) is 8.20. The van der Waals surface area contributed by atoms with Crippen molar-refractivity contribution in [1.29, 1.82) is 0 Å². The summed E-state index contributed by atoms with van der Waals surface area (Å²) in [7, 11) is 1.51. The summed E-state index contributed by atoms with van der Waals surface area (Å²) < 4.78 is 11.8. The Morgan fingerprint density at radius 2 is 1.96 bits per heavy atom. The van der Waals surface area contributed by atoms with Crippen molar-refractivity contribution in [3.8, 4) is 23.0 Å². The maximum Gasteiger partial charge on any atom is 0.227 e. The fraction of sp³-hybridized carbons (Fsp3) is 0.0476. The summed E-state index contributed by atoms with van der Waals surface area (Å²) in [6, 6.07) is 18.7. The van der Waals surface area contributed by atoms with Crippen LogP contribution in [0.5, 0.6) is 11.5 Å². The number of aliphatic imine (C=N–C) groups is 1. The number of phenols is 1. The van der Waals surface area contributed by atoms with Crippen LogP contribution in [0, 0.1) is 0 Å². The van der Waals surface area contributed by atoms with E-state index in [1.54, 1.807) is 18.3 Å². The zero-order valence-corrected chi connectivity index (χ0v) is 16.0. The average molecular weight is 423 g/mol. The van der Waals surface area contributed by atoms with Crippen molar-refractivity contribution in [2.45, 2.75) is 0 Å². The van der Waals surface area contributed by atoms with E-state index in [0.717, 1.165) is 21.1 Å². The third kappa shape index (κ3) is 3.57. The minimum Gasteiger partial charge on any atom is -0.504 e. The van der Waals surface area contributed by atoms with Crippen LogP contribution in [-0.2, 0) is 0 Å². The van der Waals surface area contributed by atoms with Crippen LogP contribution in [0.4, 0.5) is 5.69 Å². The molecule has 1 heterocycles. The molecule has 0 saturated carbocycles. The van der Waals surface area contributed by atoms with Gasteiger partial charge in [-0.05, 0) is 42.5 Å². The van der Waals surface area contributed by atoms with Crippen LogP contribution in [-0.4, -0.2) is 23.4 Å². The van der Waals surface area contributed by atoms with E-state index in [0.29, 0.717) is 22.9 Å². The zero-order chi connectivity index (χ0) is 18.8. The molecule has 0 saturated heterocycles. The molecule has 5 nitrogen and oxygen atoms in total. The Labute approximate surface area is 164 Å². The molecule has 0 unspecified atom stereocenters. The molecule has 0 aliphatic heterocycles. The van der Waals surface area contributed by atoms with Crippen LogP contribution in [0.1, 0.15) is 5.56 Å². The largest absolute Gasteiger partial charge is 0.504 e. The summed E-state index contributed by atoms with van der Waals surface area (Å²) in [4.78, 5) is 8.97. The molecule has 0 aliphatic carbocycles. The lowest BCUT2D eigenvalue weighted by Crippen LogP contribution is -1.89. The third-order valence-corrected chi connectivity index (χ3v) is 4.49. The zero-order valence-electron chi connectivity index (χ0n) is 14.4. The predicted octanol–water partition coefficient (Wildman–Crippen LogP) is 5.72. The van der Waals surface area contributed by atoms with Crippen molar-refractivity contribution in [1.82, 2.24) is 4.98 Å². The normalized spacial score (nSPS) is 11.3.